The van der Waals surface area contributed by atoms with Crippen LogP contribution in [-0.4, -0.2) is 22.5 Å². The van der Waals surface area contributed by atoms with Gasteiger partial charge in [-0.25, -0.2) is 0 Å². The fourth-order valence-corrected chi connectivity index (χ4v) is 3.42. The van der Waals surface area contributed by atoms with Crippen LogP contribution in [0.2, 0.25) is 5.02 Å². The average molecular weight is 425 g/mol. The molecular formula is C22H17ClN2O5. The maximum atomic E-state index is 13.3. The summed E-state index contributed by atoms with van der Waals surface area (Å²) in [6, 6.07) is 19.1. The Balaban J connectivity index is 1.65. The number of nitro groups is 1. The molecule has 30 heavy (non-hydrogen) atoms. The summed E-state index contributed by atoms with van der Waals surface area (Å²) in [6.07, 6.45) is 0. The van der Waals surface area contributed by atoms with Crippen LogP contribution in [0.5, 0.6) is 11.5 Å². The zero-order valence-corrected chi connectivity index (χ0v) is 16.5. The number of carbonyl (C=O) groups excluding carboxylic acids is 1. The van der Waals surface area contributed by atoms with Crippen LogP contribution in [0.1, 0.15) is 21.5 Å². The van der Waals surface area contributed by atoms with E-state index in [1.165, 1.54) is 18.2 Å². The van der Waals surface area contributed by atoms with Gasteiger partial charge in [-0.2, -0.15) is 0 Å². The molecule has 1 aliphatic heterocycles. The molecule has 0 aliphatic carbocycles. The second kappa shape index (κ2) is 8.42. The number of nitrogens with zero attached hydrogens (tertiary/aromatic N) is 2. The molecule has 0 saturated carbocycles. The largest absolute Gasteiger partial charge is 0.454 e. The Morgan fingerprint density at radius 3 is 2.47 bits per heavy atom. The number of halogens is 1. The van der Waals surface area contributed by atoms with Crippen LogP contribution in [0.15, 0.2) is 66.7 Å². The third-order valence-electron chi connectivity index (χ3n) is 4.70. The molecule has 1 aliphatic rings. The lowest BCUT2D eigenvalue weighted by molar-refractivity contribution is -0.384. The van der Waals surface area contributed by atoms with Crippen molar-refractivity contribution in [3.63, 3.8) is 0 Å². The SMILES string of the molecule is O=C(c1ccc(Cl)c([N+](=O)[O-])c1)N(Cc1ccccc1)Cc1ccc2c(c1)OCO2. The van der Waals surface area contributed by atoms with Crippen molar-refractivity contribution in [1.82, 2.24) is 4.90 Å². The highest BCUT2D eigenvalue weighted by molar-refractivity contribution is 6.32. The van der Waals surface area contributed by atoms with Gasteiger partial charge in [-0.05, 0) is 35.4 Å². The third kappa shape index (κ3) is 4.21. The van der Waals surface area contributed by atoms with Crippen molar-refractivity contribution in [1.29, 1.82) is 0 Å². The van der Waals surface area contributed by atoms with E-state index < -0.39 is 4.92 Å². The molecule has 152 valence electrons. The van der Waals surface area contributed by atoms with Crippen LogP contribution in [0.3, 0.4) is 0 Å². The summed E-state index contributed by atoms with van der Waals surface area (Å²) in [6.45, 7) is 0.797. The van der Waals surface area contributed by atoms with Gasteiger partial charge < -0.3 is 14.4 Å². The van der Waals surface area contributed by atoms with Crippen molar-refractivity contribution >= 4 is 23.2 Å². The van der Waals surface area contributed by atoms with E-state index in [-0.39, 0.29) is 29.0 Å². The molecule has 8 heteroatoms. The zero-order valence-electron chi connectivity index (χ0n) is 15.8. The number of benzene rings is 3. The lowest BCUT2D eigenvalue weighted by Gasteiger charge is -2.23. The molecule has 0 spiro atoms. The number of fused-ring (bicyclic) bond motifs is 1. The molecular weight excluding hydrogens is 408 g/mol. The van der Waals surface area contributed by atoms with Gasteiger partial charge in [0.1, 0.15) is 5.02 Å². The van der Waals surface area contributed by atoms with Gasteiger partial charge in [0.2, 0.25) is 6.79 Å². The van der Waals surface area contributed by atoms with E-state index in [1.54, 1.807) is 11.0 Å². The molecule has 0 unspecified atom stereocenters. The topological polar surface area (TPSA) is 81.9 Å². The maximum Gasteiger partial charge on any atom is 0.288 e. The summed E-state index contributed by atoms with van der Waals surface area (Å²) in [5, 5.41) is 11.2. The molecule has 1 amide bonds. The Kier molecular flexibility index (Phi) is 5.54. The van der Waals surface area contributed by atoms with Gasteiger partial charge in [-0.3, -0.25) is 14.9 Å². The van der Waals surface area contributed by atoms with Crippen LogP contribution < -0.4 is 9.47 Å². The third-order valence-corrected chi connectivity index (χ3v) is 5.02. The number of nitro benzene ring substituents is 1. The first-order chi connectivity index (χ1) is 14.5. The minimum Gasteiger partial charge on any atom is -0.454 e. The zero-order chi connectivity index (χ0) is 21.1. The standard InChI is InChI=1S/C22H17ClN2O5/c23-18-8-7-17(11-19(18)25(27)28)22(26)24(12-15-4-2-1-3-5-15)13-16-6-9-20-21(10-16)30-14-29-20/h1-11H,12-14H2. The Morgan fingerprint density at radius 1 is 0.967 bits per heavy atom. The molecule has 3 aromatic rings. The van der Waals surface area contributed by atoms with Crippen LogP contribution >= 0.6 is 11.6 Å². The normalized spacial score (nSPS) is 11.9. The molecule has 0 atom stereocenters. The molecule has 7 nitrogen and oxygen atoms in total. The summed E-state index contributed by atoms with van der Waals surface area (Å²) in [4.78, 5) is 25.5. The molecule has 3 aromatic carbocycles. The van der Waals surface area contributed by atoms with E-state index in [4.69, 9.17) is 21.1 Å². The predicted octanol–water partition coefficient (Wildman–Crippen LogP) is 4.82. The number of carbonyl (C=O) groups is 1. The number of hydrogen-bond donors (Lipinski definition) is 0. The lowest BCUT2D eigenvalue weighted by atomic mass is 10.1. The number of amides is 1. The van der Waals surface area contributed by atoms with Crippen LogP contribution in [0, 0.1) is 10.1 Å². The summed E-state index contributed by atoms with van der Waals surface area (Å²) >= 11 is 5.90. The number of hydrogen-bond acceptors (Lipinski definition) is 5. The highest BCUT2D eigenvalue weighted by Crippen LogP contribution is 2.33. The van der Waals surface area contributed by atoms with Crippen LogP contribution in [0.25, 0.3) is 0 Å². The molecule has 0 N–H and O–H groups in total. The molecule has 0 fully saturated rings. The van der Waals surface area contributed by atoms with Crippen molar-refractivity contribution < 1.29 is 19.2 Å². The van der Waals surface area contributed by atoms with Gasteiger partial charge in [0.15, 0.2) is 11.5 Å². The number of ether oxygens (including phenoxy) is 2. The Labute approximate surface area is 177 Å². The van der Waals surface area contributed by atoms with Gasteiger partial charge >= 0.3 is 0 Å². The Hall–Kier alpha value is -3.58. The van der Waals surface area contributed by atoms with Gasteiger partial charge in [0.05, 0.1) is 4.92 Å². The van der Waals surface area contributed by atoms with Gasteiger partial charge in [0, 0.05) is 24.7 Å². The summed E-state index contributed by atoms with van der Waals surface area (Å²) in [5.41, 5.74) is 1.69. The highest BCUT2D eigenvalue weighted by Gasteiger charge is 2.22. The van der Waals surface area contributed by atoms with Crippen LogP contribution in [-0.2, 0) is 13.1 Å². The van der Waals surface area contributed by atoms with Crippen molar-refractivity contribution in [2.24, 2.45) is 0 Å². The second-order valence-corrected chi connectivity index (χ2v) is 7.16. The van der Waals surface area contributed by atoms with Crippen molar-refractivity contribution in [3.05, 3.63) is 98.6 Å². The summed E-state index contributed by atoms with van der Waals surface area (Å²) in [5.74, 6) is 0.950. The molecule has 0 saturated heterocycles. The highest BCUT2D eigenvalue weighted by atomic mass is 35.5. The monoisotopic (exact) mass is 424 g/mol. The van der Waals surface area contributed by atoms with Gasteiger partial charge in [-0.1, -0.05) is 48.0 Å². The first-order valence-corrected chi connectivity index (χ1v) is 9.55. The summed E-state index contributed by atoms with van der Waals surface area (Å²) in [7, 11) is 0. The first-order valence-electron chi connectivity index (χ1n) is 9.17. The molecule has 0 aromatic heterocycles. The predicted molar refractivity (Wildman–Crippen MR) is 111 cm³/mol. The van der Waals surface area contributed by atoms with E-state index in [0.717, 1.165) is 11.1 Å². The minimum atomic E-state index is -0.599. The fraction of sp³-hybridized carbons (Fsp3) is 0.136. The van der Waals surface area contributed by atoms with Crippen molar-refractivity contribution in [2.45, 2.75) is 13.1 Å². The smallest absolute Gasteiger partial charge is 0.288 e. The molecule has 4 rings (SSSR count). The summed E-state index contributed by atoms with van der Waals surface area (Å²) < 4.78 is 10.8. The fourth-order valence-electron chi connectivity index (χ4n) is 3.23. The van der Waals surface area contributed by atoms with E-state index in [1.807, 2.05) is 42.5 Å². The van der Waals surface area contributed by atoms with Gasteiger partial charge in [0.25, 0.3) is 11.6 Å². The number of rotatable bonds is 6. The first kappa shape index (κ1) is 19.7. The van der Waals surface area contributed by atoms with Gasteiger partial charge in [-0.15, -0.1) is 0 Å². The maximum absolute atomic E-state index is 13.3. The van der Waals surface area contributed by atoms with E-state index in [2.05, 4.69) is 0 Å². The second-order valence-electron chi connectivity index (χ2n) is 6.76. The van der Waals surface area contributed by atoms with Crippen molar-refractivity contribution in [3.8, 4) is 11.5 Å². The molecule has 1 heterocycles. The Bertz CT molecular complexity index is 1100. The van der Waals surface area contributed by atoms with Crippen LogP contribution in [0.4, 0.5) is 5.69 Å². The molecule has 0 radical (unpaired) electrons. The average Bonchev–Trinajstić information content (AvgIpc) is 3.21. The Morgan fingerprint density at radius 2 is 1.70 bits per heavy atom. The molecule has 0 bridgehead atoms. The van der Waals surface area contributed by atoms with Crippen molar-refractivity contribution in [2.75, 3.05) is 6.79 Å². The quantitative estimate of drug-likeness (QED) is 0.418. The van der Waals surface area contributed by atoms with E-state index in [0.29, 0.717) is 24.6 Å². The van der Waals surface area contributed by atoms with E-state index >= 15 is 0 Å². The lowest BCUT2D eigenvalue weighted by Crippen LogP contribution is -2.30. The van der Waals surface area contributed by atoms with E-state index in [9.17, 15) is 14.9 Å². The minimum absolute atomic E-state index is 0.0121.